The Kier molecular flexibility index (Phi) is 40.2. The predicted octanol–water partition coefficient (Wildman–Crippen LogP) is 14.4. The summed E-state index contributed by atoms with van der Waals surface area (Å²) >= 11 is 0. The molecule has 3 nitrogen and oxygen atoms in total. The normalized spacial score (nSPS) is 12.0. The van der Waals surface area contributed by atoms with E-state index in [1.165, 1.54) is 231 Å². The van der Waals surface area contributed by atoms with E-state index in [1.54, 1.807) is 0 Å². The van der Waals surface area contributed by atoms with Crippen LogP contribution in [0, 0.1) is 0 Å². The van der Waals surface area contributed by atoms with Gasteiger partial charge in [0.15, 0.2) is 0 Å². The van der Waals surface area contributed by atoms with E-state index in [9.17, 15) is 0 Å². The Morgan fingerprint density at radius 2 is 0.447 bits per heavy atom. The highest BCUT2D eigenvalue weighted by Gasteiger charge is 2.13. The third-order valence-corrected chi connectivity index (χ3v) is 10.4. The predicted molar refractivity (Wildman–Crippen MR) is 212 cm³/mol. The number of hydrogen-bond acceptors (Lipinski definition) is 2. The fraction of sp³-hybridized carbons (Fsp3) is 1.00. The summed E-state index contributed by atoms with van der Waals surface area (Å²) in [6.07, 6.45) is 48.0. The second-order valence-corrected chi connectivity index (χ2v) is 15.9. The summed E-state index contributed by atoms with van der Waals surface area (Å²) in [4.78, 5) is 0. The molecule has 0 aromatic heterocycles. The van der Waals surface area contributed by atoms with Crippen LogP contribution in [-0.4, -0.2) is 58.1 Å². The van der Waals surface area contributed by atoms with Crippen LogP contribution < -0.4 is 0 Å². The number of rotatable bonds is 42. The van der Waals surface area contributed by atoms with Gasteiger partial charge in [-0.2, -0.15) is 0 Å². The minimum Gasteiger partial charge on any atom is -0.381 e. The first-order valence-corrected chi connectivity index (χ1v) is 22.1. The molecule has 0 saturated carbocycles. The Morgan fingerprint density at radius 1 is 0.255 bits per heavy atom. The minimum absolute atomic E-state index is 0.927. The van der Waals surface area contributed by atoms with E-state index in [0.717, 1.165) is 30.9 Å². The molecule has 0 radical (unpaired) electrons. The van der Waals surface area contributed by atoms with Crippen LogP contribution in [0.5, 0.6) is 0 Å². The van der Waals surface area contributed by atoms with Gasteiger partial charge in [0, 0.05) is 26.1 Å². The van der Waals surface area contributed by atoms with Gasteiger partial charge in [0.05, 0.1) is 40.4 Å². The molecule has 3 heteroatoms. The molecule has 0 aromatic rings. The SMILES string of the molecule is CCCCCCCCCCCCCCCCCCOCCC[N+](C)(C)CCCOCCCCCCCCCCCCCCCCCC. The Balaban J connectivity index is 3.24. The molecule has 0 aliphatic heterocycles. The lowest BCUT2D eigenvalue weighted by Gasteiger charge is -2.29. The molecule has 284 valence electrons. The van der Waals surface area contributed by atoms with Gasteiger partial charge in [-0.3, -0.25) is 0 Å². The molecule has 0 atom stereocenters. The van der Waals surface area contributed by atoms with Gasteiger partial charge in [0.25, 0.3) is 0 Å². The maximum absolute atomic E-state index is 5.96. The molecule has 0 fully saturated rings. The van der Waals surface area contributed by atoms with Crippen LogP contribution in [0.15, 0.2) is 0 Å². The average molecular weight is 667 g/mol. The molecule has 0 bridgehead atoms. The topological polar surface area (TPSA) is 18.5 Å². The number of unbranched alkanes of at least 4 members (excludes halogenated alkanes) is 30. The number of quaternary nitrogens is 1. The van der Waals surface area contributed by atoms with Crippen LogP contribution in [0.1, 0.15) is 232 Å². The van der Waals surface area contributed by atoms with Crippen molar-refractivity contribution in [2.24, 2.45) is 0 Å². The van der Waals surface area contributed by atoms with Crippen LogP contribution >= 0.6 is 0 Å². The lowest BCUT2D eigenvalue weighted by molar-refractivity contribution is -0.890. The summed E-state index contributed by atoms with van der Waals surface area (Å²) in [6, 6.07) is 0. The molecule has 0 aliphatic rings. The van der Waals surface area contributed by atoms with Crippen molar-refractivity contribution in [3.05, 3.63) is 0 Å². The Morgan fingerprint density at radius 3 is 0.681 bits per heavy atom. The molecule has 0 spiro atoms. The van der Waals surface area contributed by atoms with Crippen molar-refractivity contribution in [3.63, 3.8) is 0 Å². The van der Waals surface area contributed by atoms with Crippen LogP contribution in [-0.2, 0) is 9.47 Å². The molecule has 0 saturated heterocycles. The molecule has 47 heavy (non-hydrogen) atoms. The first kappa shape index (κ1) is 46.9. The van der Waals surface area contributed by atoms with Crippen molar-refractivity contribution in [2.45, 2.75) is 232 Å². The molecular formula is C44H92NO2+. The summed E-state index contributed by atoms with van der Waals surface area (Å²) in [6.45, 7) is 10.8. The summed E-state index contributed by atoms with van der Waals surface area (Å²) in [5, 5.41) is 0. The number of hydrogen-bond donors (Lipinski definition) is 0. The zero-order chi connectivity index (χ0) is 34.2. The third-order valence-electron chi connectivity index (χ3n) is 10.4. The summed E-state index contributed by atoms with van der Waals surface area (Å²) < 4.78 is 13.0. The van der Waals surface area contributed by atoms with Crippen molar-refractivity contribution in [2.75, 3.05) is 53.6 Å². The van der Waals surface area contributed by atoms with Gasteiger partial charge in [-0.15, -0.1) is 0 Å². The van der Waals surface area contributed by atoms with Crippen molar-refractivity contribution in [3.8, 4) is 0 Å². The number of nitrogens with zero attached hydrogens (tertiary/aromatic N) is 1. The van der Waals surface area contributed by atoms with Crippen LogP contribution in [0.2, 0.25) is 0 Å². The van der Waals surface area contributed by atoms with Crippen molar-refractivity contribution >= 4 is 0 Å². The van der Waals surface area contributed by atoms with Gasteiger partial charge in [-0.1, -0.05) is 206 Å². The fourth-order valence-corrected chi connectivity index (χ4v) is 7.01. The average Bonchev–Trinajstić information content (AvgIpc) is 3.06. The van der Waals surface area contributed by atoms with E-state index < -0.39 is 0 Å². The highest BCUT2D eigenvalue weighted by molar-refractivity contribution is 4.52. The lowest BCUT2D eigenvalue weighted by atomic mass is 10.0. The van der Waals surface area contributed by atoms with Crippen LogP contribution in [0.3, 0.4) is 0 Å². The summed E-state index contributed by atoms with van der Waals surface area (Å²) in [5.74, 6) is 0. The zero-order valence-electron chi connectivity index (χ0n) is 33.5. The molecule has 0 unspecified atom stereocenters. The molecule has 0 aliphatic carbocycles. The monoisotopic (exact) mass is 667 g/mol. The van der Waals surface area contributed by atoms with Crippen LogP contribution in [0.25, 0.3) is 0 Å². The molecular weight excluding hydrogens is 574 g/mol. The Labute approximate surface area is 299 Å². The van der Waals surface area contributed by atoms with Gasteiger partial charge in [0.2, 0.25) is 0 Å². The van der Waals surface area contributed by atoms with E-state index in [2.05, 4.69) is 27.9 Å². The first-order chi connectivity index (χ1) is 23.1. The maximum atomic E-state index is 5.96. The second-order valence-electron chi connectivity index (χ2n) is 15.9. The molecule has 0 amide bonds. The molecule has 0 aromatic carbocycles. The zero-order valence-corrected chi connectivity index (χ0v) is 33.5. The lowest BCUT2D eigenvalue weighted by Crippen LogP contribution is -2.42. The smallest absolute Gasteiger partial charge is 0.0804 e. The van der Waals surface area contributed by atoms with Gasteiger partial charge >= 0.3 is 0 Å². The standard InChI is InChI=1S/C44H92NO2/c1-5-7-9-11-13-15-17-19-21-23-25-27-29-31-33-35-41-46-43-37-39-45(3,4)40-38-44-47-42-36-34-32-30-28-26-24-22-20-18-16-14-12-10-8-6-2/h5-44H2,1-4H3/q+1. The maximum Gasteiger partial charge on any atom is 0.0804 e. The number of ether oxygens (including phenoxy) is 2. The molecule has 0 N–H and O–H groups in total. The fourth-order valence-electron chi connectivity index (χ4n) is 7.01. The van der Waals surface area contributed by atoms with Crippen LogP contribution in [0.4, 0.5) is 0 Å². The van der Waals surface area contributed by atoms with Crippen molar-refractivity contribution in [1.29, 1.82) is 0 Å². The van der Waals surface area contributed by atoms with E-state index in [1.807, 2.05) is 0 Å². The summed E-state index contributed by atoms with van der Waals surface area (Å²) in [7, 11) is 4.73. The van der Waals surface area contributed by atoms with Gasteiger partial charge < -0.3 is 14.0 Å². The summed E-state index contributed by atoms with van der Waals surface area (Å²) in [5.41, 5.74) is 0. The largest absolute Gasteiger partial charge is 0.381 e. The van der Waals surface area contributed by atoms with Gasteiger partial charge in [-0.25, -0.2) is 0 Å². The first-order valence-electron chi connectivity index (χ1n) is 22.1. The van der Waals surface area contributed by atoms with E-state index in [4.69, 9.17) is 9.47 Å². The minimum atomic E-state index is 0.927. The third kappa shape index (κ3) is 42.0. The molecule has 0 heterocycles. The second kappa shape index (κ2) is 40.3. The van der Waals surface area contributed by atoms with Crippen molar-refractivity contribution < 1.29 is 14.0 Å². The Hall–Kier alpha value is -0.120. The van der Waals surface area contributed by atoms with E-state index >= 15 is 0 Å². The van der Waals surface area contributed by atoms with Gasteiger partial charge in [0.1, 0.15) is 0 Å². The molecule has 0 rings (SSSR count). The van der Waals surface area contributed by atoms with Gasteiger partial charge in [-0.05, 0) is 12.8 Å². The van der Waals surface area contributed by atoms with Crippen molar-refractivity contribution in [1.82, 2.24) is 0 Å². The van der Waals surface area contributed by atoms with E-state index in [0.29, 0.717) is 0 Å². The highest BCUT2D eigenvalue weighted by atomic mass is 16.5. The highest BCUT2D eigenvalue weighted by Crippen LogP contribution is 2.15. The quantitative estimate of drug-likeness (QED) is 0.0477. The Bertz CT molecular complexity index is 505. The van der Waals surface area contributed by atoms with E-state index in [-0.39, 0.29) is 0 Å².